The van der Waals surface area contributed by atoms with Crippen LogP contribution in [0.2, 0.25) is 0 Å². The SMILES string of the molecule is CCC(C)c1ccccc1OCC(=O)NCc1nnc2n1CCCCC2. The molecule has 0 radical (unpaired) electrons. The first-order valence-electron chi connectivity index (χ1n) is 9.58. The molecule has 1 atom stereocenters. The van der Waals surface area contributed by atoms with Crippen LogP contribution in [0.5, 0.6) is 5.75 Å². The fourth-order valence-electron chi connectivity index (χ4n) is 3.29. The van der Waals surface area contributed by atoms with Crippen LogP contribution in [-0.2, 0) is 24.3 Å². The first-order valence-corrected chi connectivity index (χ1v) is 9.58. The standard InChI is InChI=1S/C20H28N4O2/c1-3-15(2)16-9-6-7-10-17(16)26-14-20(25)21-13-19-23-22-18-11-5-4-8-12-24(18)19/h6-7,9-10,15H,3-5,8,11-14H2,1-2H3,(H,21,25). The lowest BCUT2D eigenvalue weighted by atomic mass is 9.98. The highest BCUT2D eigenvalue weighted by molar-refractivity contribution is 5.77. The number of rotatable bonds is 7. The van der Waals surface area contributed by atoms with Gasteiger partial charge in [-0.2, -0.15) is 0 Å². The number of carbonyl (C=O) groups is 1. The Morgan fingerprint density at radius 2 is 2.12 bits per heavy atom. The normalized spacial score (nSPS) is 15.0. The predicted octanol–water partition coefficient (Wildman–Crippen LogP) is 3.21. The van der Waals surface area contributed by atoms with Crippen molar-refractivity contribution in [2.45, 2.75) is 65.0 Å². The quantitative estimate of drug-likeness (QED) is 0.827. The van der Waals surface area contributed by atoms with Crippen LogP contribution >= 0.6 is 0 Å². The van der Waals surface area contributed by atoms with E-state index >= 15 is 0 Å². The number of aromatic nitrogens is 3. The molecule has 6 nitrogen and oxygen atoms in total. The molecule has 140 valence electrons. The molecule has 0 spiro atoms. The minimum Gasteiger partial charge on any atom is -0.483 e. The second-order valence-corrected chi connectivity index (χ2v) is 6.91. The molecular weight excluding hydrogens is 328 g/mol. The average molecular weight is 356 g/mol. The van der Waals surface area contributed by atoms with Crippen LogP contribution in [0.3, 0.4) is 0 Å². The molecule has 1 aliphatic heterocycles. The van der Waals surface area contributed by atoms with Crippen LogP contribution in [0.4, 0.5) is 0 Å². The number of fused-ring (bicyclic) bond motifs is 1. The van der Waals surface area contributed by atoms with Crippen molar-refractivity contribution in [2.24, 2.45) is 0 Å². The van der Waals surface area contributed by atoms with Crippen molar-refractivity contribution >= 4 is 5.91 Å². The fourth-order valence-corrected chi connectivity index (χ4v) is 3.29. The van der Waals surface area contributed by atoms with Crippen molar-refractivity contribution in [1.82, 2.24) is 20.1 Å². The lowest BCUT2D eigenvalue weighted by Gasteiger charge is -2.15. The van der Waals surface area contributed by atoms with Crippen molar-refractivity contribution in [1.29, 1.82) is 0 Å². The molecule has 2 heterocycles. The van der Waals surface area contributed by atoms with Crippen molar-refractivity contribution in [3.63, 3.8) is 0 Å². The summed E-state index contributed by atoms with van der Waals surface area (Å²) in [5, 5.41) is 11.4. The number of hydrogen-bond donors (Lipinski definition) is 1. The van der Waals surface area contributed by atoms with Gasteiger partial charge in [-0.25, -0.2) is 0 Å². The van der Waals surface area contributed by atoms with E-state index in [0.29, 0.717) is 12.5 Å². The highest BCUT2D eigenvalue weighted by atomic mass is 16.5. The summed E-state index contributed by atoms with van der Waals surface area (Å²) in [5.74, 6) is 2.91. The number of nitrogens with one attached hydrogen (secondary N) is 1. The summed E-state index contributed by atoms with van der Waals surface area (Å²) >= 11 is 0. The van der Waals surface area contributed by atoms with Crippen molar-refractivity contribution in [2.75, 3.05) is 6.61 Å². The molecule has 0 saturated carbocycles. The van der Waals surface area contributed by atoms with Gasteiger partial charge in [-0.3, -0.25) is 4.79 Å². The molecule has 2 aromatic rings. The van der Waals surface area contributed by atoms with E-state index in [9.17, 15) is 4.79 Å². The molecule has 1 aromatic carbocycles. The number of benzene rings is 1. The zero-order valence-corrected chi connectivity index (χ0v) is 15.7. The fraction of sp³-hybridized carbons (Fsp3) is 0.550. The maximum atomic E-state index is 12.2. The largest absolute Gasteiger partial charge is 0.483 e. The Hall–Kier alpha value is -2.37. The van der Waals surface area contributed by atoms with E-state index in [-0.39, 0.29) is 12.5 Å². The lowest BCUT2D eigenvalue weighted by molar-refractivity contribution is -0.123. The third-order valence-electron chi connectivity index (χ3n) is 5.05. The number of ether oxygens (including phenoxy) is 1. The zero-order chi connectivity index (χ0) is 18.4. The van der Waals surface area contributed by atoms with Gasteiger partial charge in [-0.1, -0.05) is 38.5 Å². The van der Waals surface area contributed by atoms with E-state index in [0.717, 1.165) is 55.2 Å². The molecule has 0 fully saturated rings. The van der Waals surface area contributed by atoms with Crippen molar-refractivity contribution in [3.8, 4) is 5.75 Å². The third kappa shape index (κ3) is 4.42. The minimum absolute atomic E-state index is 0.00837. The number of hydrogen-bond acceptors (Lipinski definition) is 4. The number of carbonyl (C=O) groups excluding carboxylic acids is 1. The summed E-state index contributed by atoms with van der Waals surface area (Å²) in [4.78, 5) is 12.2. The highest BCUT2D eigenvalue weighted by Crippen LogP contribution is 2.28. The molecule has 1 amide bonds. The molecule has 6 heteroatoms. The Morgan fingerprint density at radius 1 is 1.27 bits per heavy atom. The average Bonchev–Trinajstić information content (AvgIpc) is 2.90. The molecule has 1 aromatic heterocycles. The molecule has 1 N–H and O–H groups in total. The molecule has 26 heavy (non-hydrogen) atoms. The van der Waals surface area contributed by atoms with Gasteiger partial charge in [0.1, 0.15) is 11.6 Å². The minimum atomic E-state index is -0.144. The van der Waals surface area contributed by atoms with E-state index in [4.69, 9.17) is 4.74 Å². The van der Waals surface area contributed by atoms with Crippen LogP contribution in [0.1, 0.15) is 62.7 Å². The van der Waals surface area contributed by atoms with Gasteiger partial charge in [0, 0.05) is 13.0 Å². The Labute approximate surface area is 155 Å². The first kappa shape index (κ1) is 18.4. The van der Waals surface area contributed by atoms with Crippen LogP contribution in [0.15, 0.2) is 24.3 Å². The molecule has 1 unspecified atom stereocenters. The van der Waals surface area contributed by atoms with E-state index in [1.54, 1.807) is 0 Å². The smallest absolute Gasteiger partial charge is 0.258 e. The Kier molecular flexibility index (Phi) is 6.26. The van der Waals surface area contributed by atoms with E-state index in [1.165, 1.54) is 6.42 Å². The van der Waals surface area contributed by atoms with Crippen LogP contribution < -0.4 is 10.1 Å². The molecular formula is C20H28N4O2. The molecule has 3 rings (SSSR count). The second kappa shape index (κ2) is 8.83. The van der Waals surface area contributed by atoms with Crippen LogP contribution in [0.25, 0.3) is 0 Å². The van der Waals surface area contributed by atoms with Crippen molar-refractivity contribution < 1.29 is 9.53 Å². The Bertz CT molecular complexity index is 741. The van der Waals surface area contributed by atoms with Crippen molar-refractivity contribution in [3.05, 3.63) is 41.5 Å². The number of aryl methyl sites for hydroxylation is 1. The van der Waals surface area contributed by atoms with Gasteiger partial charge in [0.05, 0.1) is 6.54 Å². The van der Waals surface area contributed by atoms with Crippen LogP contribution in [-0.4, -0.2) is 27.3 Å². The molecule has 0 saturated heterocycles. The molecule has 0 aliphatic carbocycles. The number of amides is 1. The maximum absolute atomic E-state index is 12.2. The van der Waals surface area contributed by atoms with Gasteiger partial charge < -0.3 is 14.6 Å². The summed E-state index contributed by atoms with van der Waals surface area (Å²) in [6.07, 6.45) is 5.52. The van der Waals surface area contributed by atoms with Gasteiger partial charge in [-0.15, -0.1) is 10.2 Å². The van der Waals surface area contributed by atoms with Crippen LogP contribution in [0, 0.1) is 0 Å². The summed E-state index contributed by atoms with van der Waals surface area (Å²) in [5.41, 5.74) is 1.14. The van der Waals surface area contributed by atoms with Gasteiger partial charge in [-0.05, 0) is 36.8 Å². The van der Waals surface area contributed by atoms with E-state index in [2.05, 4.69) is 40.0 Å². The molecule has 1 aliphatic rings. The first-order chi connectivity index (χ1) is 12.7. The number of nitrogens with zero attached hydrogens (tertiary/aromatic N) is 3. The van der Waals surface area contributed by atoms with Gasteiger partial charge in [0.15, 0.2) is 12.4 Å². The topological polar surface area (TPSA) is 69.0 Å². The monoisotopic (exact) mass is 356 g/mol. The lowest BCUT2D eigenvalue weighted by Crippen LogP contribution is -2.30. The van der Waals surface area contributed by atoms with E-state index < -0.39 is 0 Å². The Balaban J connectivity index is 1.54. The predicted molar refractivity (Wildman–Crippen MR) is 100 cm³/mol. The summed E-state index contributed by atoms with van der Waals surface area (Å²) in [6.45, 7) is 5.65. The molecule has 0 bridgehead atoms. The maximum Gasteiger partial charge on any atom is 0.258 e. The summed E-state index contributed by atoms with van der Waals surface area (Å²) < 4.78 is 7.91. The summed E-state index contributed by atoms with van der Waals surface area (Å²) in [6, 6.07) is 7.93. The summed E-state index contributed by atoms with van der Waals surface area (Å²) in [7, 11) is 0. The van der Waals surface area contributed by atoms with Gasteiger partial charge in [0.2, 0.25) is 0 Å². The highest BCUT2D eigenvalue weighted by Gasteiger charge is 2.16. The third-order valence-corrected chi connectivity index (χ3v) is 5.05. The van der Waals surface area contributed by atoms with Gasteiger partial charge >= 0.3 is 0 Å². The zero-order valence-electron chi connectivity index (χ0n) is 15.7. The Morgan fingerprint density at radius 3 is 2.96 bits per heavy atom. The van der Waals surface area contributed by atoms with Gasteiger partial charge in [0.25, 0.3) is 5.91 Å². The van der Waals surface area contributed by atoms with E-state index in [1.807, 2.05) is 18.2 Å². The second-order valence-electron chi connectivity index (χ2n) is 6.91. The number of para-hydroxylation sites is 1.